The number of aliphatic hydroxyl groups is 3. The lowest BCUT2D eigenvalue weighted by atomic mass is 10.2. The molecule has 3 nitrogen and oxygen atoms in total. The summed E-state index contributed by atoms with van der Waals surface area (Å²) in [7, 11) is 0. The summed E-state index contributed by atoms with van der Waals surface area (Å²) >= 11 is 2.11. The Morgan fingerprint density at radius 3 is 2.10 bits per heavy atom. The Morgan fingerprint density at radius 1 is 1.10 bits per heavy atom. The molecule has 0 aliphatic carbocycles. The van der Waals surface area contributed by atoms with Crippen LogP contribution in [0.15, 0.2) is 0 Å². The van der Waals surface area contributed by atoms with Crippen molar-refractivity contribution < 1.29 is 15.3 Å². The van der Waals surface area contributed by atoms with Gasteiger partial charge in [0, 0.05) is 3.92 Å². The summed E-state index contributed by atoms with van der Waals surface area (Å²) in [6, 6.07) is 0. The SMILES string of the molecule is OCC(O)CCC(I)CO. The summed E-state index contributed by atoms with van der Waals surface area (Å²) < 4.78 is 0.193. The summed E-state index contributed by atoms with van der Waals surface area (Å²) in [6.45, 7) is -0.0481. The van der Waals surface area contributed by atoms with Crippen LogP contribution in [0.25, 0.3) is 0 Å². The van der Waals surface area contributed by atoms with Crippen molar-refractivity contribution in [2.45, 2.75) is 22.9 Å². The highest BCUT2D eigenvalue weighted by Gasteiger charge is 2.06. The van der Waals surface area contributed by atoms with Gasteiger partial charge in [-0.3, -0.25) is 0 Å². The number of halogens is 1. The molecule has 0 aliphatic rings. The second-order valence-electron chi connectivity index (χ2n) is 2.19. The molecule has 0 aromatic heterocycles. The molecule has 0 spiro atoms. The van der Waals surface area contributed by atoms with Gasteiger partial charge in [-0.15, -0.1) is 0 Å². The van der Waals surface area contributed by atoms with E-state index in [9.17, 15) is 0 Å². The lowest BCUT2D eigenvalue weighted by molar-refractivity contribution is 0.0856. The number of hydrogen-bond donors (Lipinski definition) is 3. The van der Waals surface area contributed by atoms with E-state index in [4.69, 9.17) is 15.3 Å². The van der Waals surface area contributed by atoms with E-state index in [2.05, 4.69) is 22.6 Å². The van der Waals surface area contributed by atoms with E-state index in [0.717, 1.165) is 6.42 Å². The van der Waals surface area contributed by atoms with E-state index in [1.54, 1.807) is 0 Å². The molecule has 0 aliphatic heterocycles. The van der Waals surface area contributed by atoms with Gasteiger partial charge in [0.1, 0.15) is 0 Å². The molecule has 0 bridgehead atoms. The van der Waals surface area contributed by atoms with Gasteiger partial charge >= 0.3 is 0 Å². The number of rotatable bonds is 5. The first-order valence-corrected chi connectivity index (χ1v) is 4.49. The minimum absolute atomic E-state index is 0.138. The average Bonchev–Trinajstić information content (AvgIpc) is 1.99. The topological polar surface area (TPSA) is 60.7 Å². The fraction of sp³-hybridized carbons (Fsp3) is 1.00. The highest BCUT2D eigenvalue weighted by atomic mass is 127. The Morgan fingerprint density at radius 2 is 1.70 bits per heavy atom. The van der Waals surface area contributed by atoms with Crippen molar-refractivity contribution in [3.8, 4) is 0 Å². The van der Waals surface area contributed by atoms with Crippen LogP contribution in [0, 0.1) is 0 Å². The lowest BCUT2D eigenvalue weighted by Gasteiger charge is -2.08. The fourth-order valence-electron chi connectivity index (χ4n) is 0.556. The van der Waals surface area contributed by atoms with Gasteiger partial charge in [0.05, 0.1) is 19.3 Å². The first-order valence-electron chi connectivity index (χ1n) is 3.24. The van der Waals surface area contributed by atoms with Gasteiger partial charge in [-0.05, 0) is 12.8 Å². The van der Waals surface area contributed by atoms with Gasteiger partial charge in [-0.2, -0.15) is 0 Å². The third kappa shape index (κ3) is 5.40. The molecule has 0 heterocycles. The van der Waals surface area contributed by atoms with Crippen molar-refractivity contribution in [3.05, 3.63) is 0 Å². The molecule has 0 rings (SSSR count). The van der Waals surface area contributed by atoms with E-state index in [1.165, 1.54) is 0 Å². The zero-order chi connectivity index (χ0) is 7.98. The predicted octanol–water partition coefficient (Wildman–Crippen LogP) is -0.0843. The Labute approximate surface area is 74.2 Å². The Kier molecular flexibility index (Phi) is 6.71. The number of hydrogen-bond acceptors (Lipinski definition) is 3. The van der Waals surface area contributed by atoms with E-state index >= 15 is 0 Å². The smallest absolute Gasteiger partial charge is 0.0771 e. The van der Waals surface area contributed by atoms with Crippen LogP contribution < -0.4 is 0 Å². The summed E-state index contributed by atoms with van der Waals surface area (Å²) in [4.78, 5) is 0. The minimum atomic E-state index is -0.621. The van der Waals surface area contributed by atoms with Crippen LogP contribution >= 0.6 is 22.6 Å². The first kappa shape index (κ1) is 10.6. The molecule has 0 aromatic rings. The van der Waals surface area contributed by atoms with Crippen molar-refractivity contribution in [2.75, 3.05) is 13.2 Å². The van der Waals surface area contributed by atoms with Crippen LogP contribution in [0.3, 0.4) is 0 Å². The van der Waals surface area contributed by atoms with Crippen LogP contribution in [0.2, 0.25) is 0 Å². The molecule has 4 heteroatoms. The minimum Gasteiger partial charge on any atom is -0.395 e. The molecule has 0 fully saturated rings. The Balaban J connectivity index is 3.17. The van der Waals surface area contributed by atoms with Gasteiger partial charge in [-0.25, -0.2) is 0 Å². The van der Waals surface area contributed by atoms with Crippen molar-refractivity contribution in [3.63, 3.8) is 0 Å². The quantitative estimate of drug-likeness (QED) is 0.478. The average molecular weight is 260 g/mol. The third-order valence-electron chi connectivity index (χ3n) is 1.22. The molecular formula is C6H13IO3. The van der Waals surface area contributed by atoms with E-state index in [-0.39, 0.29) is 17.1 Å². The van der Waals surface area contributed by atoms with Gasteiger partial charge in [0.25, 0.3) is 0 Å². The largest absolute Gasteiger partial charge is 0.395 e. The molecular weight excluding hydrogens is 247 g/mol. The zero-order valence-electron chi connectivity index (χ0n) is 5.70. The summed E-state index contributed by atoms with van der Waals surface area (Å²) in [6.07, 6.45) is 0.688. The predicted molar refractivity (Wildman–Crippen MR) is 47.2 cm³/mol. The molecule has 2 atom stereocenters. The van der Waals surface area contributed by atoms with Crippen LogP contribution in [0.5, 0.6) is 0 Å². The van der Waals surface area contributed by atoms with E-state index in [1.807, 2.05) is 0 Å². The third-order valence-corrected chi connectivity index (χ3v) is 2.24. The van der Waals surface area contributed by atoms with Crippen LogP contribution in [0.4, 0.5) is 0 Å². The fourth-order valence-corrected chi connectivity index (χ4v) is 0.915. The van der Waals surface area contributed by atoms with Gasteiger partial charge in [-0.1, -0.05) is 22.6 Å². The molecule has 0 aromatic carbocycles. The van der Waals surface area contributed by atoms with Crippen LogP contribution in [0.1, 0.15) is 12.8 Å². The summed E-state index contributed by atoms with van der Waals surface area (Å²) in [5, 5.41) is 25.8. The second-order valence-corrected chi connectivity index (χ2v) is 3.96. The first-order chi connectivity index (χ1) is 4.70. The monoisotopic (exact) mass is 260 g/mol. The van der Waals surface area contributed by atoms with E-state index < -0.39 is 6.10 Å². The molecule has 0 saturated carbocycles. The molecule has 10 heavy (non-hydrogen) atoms. The van der Waals surface area contributed by atoms with Gasteiger partial charge in [0.15, 0.2) is 0 Å². The lowest BCUT2D eigenvalue weighted by Crippen LogP contribution is -2.15. The van der Waals surface area contributed by atoms with Crippen molar-refractivity contribution >= 4 is 22.6 Å². The zero-order valence-corrected chi connectivity index (χ0v) is 7.86. The van der Waals surface area contributed by atoms with Crippen molar-refractivity contribution in [2.24, 2.45) is 0 Å². The van der Waals surface area contributed by atoms with Gasteiger partial charge < -0.3 is 15.3 Å². The Hall–Kier alpha value is 0.610. The molecule has 0 saturated heterocycles. The maximum Gasteiger partial charge on any atom is 0.0771 e. The van der Waals surface area contributed by atoms with Crippen LogP contribution in [-0.4, -0.2) is 38.6 Å². The molecule has 2 unspecified atom stereocenters. The Bertz CT molecular complexity index is 69.4. The molecule has 0 radical (unpaired) electrons. The number of aliphatic hydroxyl groups excluding tert-OH is 3. The van der Waals surface area contributed by atoms with E-state index in [0.29, 0.717) is 6.42 Å². The normalized spacial score (nSPS) is 16.8. The van der Waals surface area contributed by atoms with Crippen molar-refractivity contribution in [1.82, 2.24) is 0 Å². The van der Waals surface area contributed by atoms with Crippen LogP contribution in [-0.2, 0) is 0 Å². The summed E-state index contributed by atoms with van der Waals surface area (Å²) in [5.41, 5.74) is 0. The highest BCUT2D eigenvalue weighted by molar-refractivity contribution is 14.1. The second kappa shape index (κ2) is 6.33. The summed E-state index contributed by atoms with van der Waals surface area (Å²) in [5.74, 6) is 0. The van der Waals surface area contributed by atoms with Crippen molar-refractivity contribution in [1.29, 1.82) is 0 Å². The molecule has 0 amide bonds. The highest BCUT2D eigenvalue weighted by Crippen LogP contribution is 2.09. The standard InChI is InChI=1S/C6H13IO3/c7-5(3-8)1-2-6(10)4-9/h5-6,8-10H,1-4H2. The maximum absolute atomic E-state index is 8.87. The molecule has 62 valence electrons. The number of alkyl halides is 1. The maximum atomic E-state index is 8.87. The van der Waals surface area contributed by atoms with Gasteiger partial charge in [0.2, 0.25) is 0 Å². The molecule has 3 N–H and O–H groups in total.